The molecule has 0 aliphatic carbocycles. The van der Waals surface area contributed by atoms with Crippen LogP contribution in [0.2, 0.25) is 0 Å². The van der Waals surface area contributed by atoms with E-state index in [-0.39, 0.29) is 69.5 Å². The number of ketones is 2. The molecule has 1 heterocycles. The van der Waals surface area contributed by atoms with E-state index in [1.54, 1.807) is 67.5 Å². The predicted octanol–water partition coefficient (Wildman–Crippen LogP) is 4.58. The summed E-state index contributed by atoms with van der Waals surface area (Å²) >= 11 is 0. The van der Waals surface area contributed by atoms with Crippen LogP contribution in [0.5, 0.6) is 0 Å². The van der Waals surface area contributed by atoms with Crippen molar-refractivity contribution in [1.82, 2.24) is 44.9 Å². The van der Waals surface area contributed by atoms with Crippen molar-refractivity contribution in [3.8, 4) is 0 Å². The van der Waals surface area contributed by atoms with Gasteiger partial charge in [-0.15, -0.1) is 0 Å². The average Bonchev–Trinajstić information content (AvgIpc) is 0.987. The molecular formula is C66H117N9O14. The summed E-state index contributed by atoms with van der Waals surface area (Å²) in [6, 6.07) is -10.0. The van der Waals surface area contributed by atoms with Gasteiger partial charge in [-0.2, -0.15) is 0 Å². The molecule has 0 aromatic rings. The Morgan fingerprint density at radius 1 is 0.551 bits per heavy atom. The fourth-order valence-corrected chi connectivity index (χ4v) is 11.6. The summed E-state index contributed by atoms with van der Waals surface area (Å²) in [4.78, 5) is 170. The minimum Gasteiger partial charge on any atom is -0.396 e. The Morgan fingerprint density at radius 3 is 1.53 bits per heavy atom. The first-order chi connectivity index (χ1) is 41.3. The SMILES string of the molecule is C/C=C/C[C@@H](C)[C@@H](O)[C@H]1C(=O)N[C@@H](CC)C(=O)N(C)CC(=O)N(C)[C@@H]([C@H](C)OCCCCO)C(=O)C[C@@H](C(C)C)C(=O)N(C)[C@@H](CC(C)C)C(=O)C[C@@H](C)C(=O)N[C@H](C)C(=O)N(C)[C@@H](CC(C)C)C(=O)N(C)[C@@H](CC(C)C)C(=O)N(C)[C@@H](C(C)C)C(=O)N1C. The molecule has 0 saturated carbocycles. The quantitative estimate of drug-likeness (QED) is 0.102. The molecule has 0 unspecified atom stereocenters. The van der Waals surface area contributed by atoms with Gasteiger partial charge in [0.2, 0.25) is 53.2 Å². The minimum atomic E-state index is -1.63. The number of carbonyl (C=O) groups is 11. The Bertz CT molecular complexity index is 2400. The standard InChI is InChI=1S/C66H117N9O14/c1-24-26-29-43(13)58(80)57-60(82)68-48(25-2)63(85)69(17)37-54(79)73(21)56(46(16)89-31-28-27-30-76)53(78)36-47(41(9)10)62(84)70(18)49(32-38(3)4)52(77)35-44(14)59(81)67-45(15)61(83)71(19)50(33-39(5)6)64(86)72(20)51(34-40(7)8)65(87)74(22)55(42(11)12)66(88)75(57)23/h24,26,38-51,55-58,76,80H,25,27-37H2,1-23H3,(H,67,81)(H,68,82)/b26-24+/t43-,44-,45-,46+,47+,48+,49+,50+,51+,55+,56+,57+,58-/m1/s1. The topological polar surface area (TPSA) is 284 Å². The molecule has 0 radical (unpaired) electrons. The van der Waals surface area contributed by atoms with Crippen molar-refractivity contribution in [2.24, 2.45) is 47.3 Å². The lowest BCUT2D eigenvalue weighted by Crippen LogP contribution is -2.63. The van der Waals surface area contributed by atoms with Gasteiger partial charge in [0.25, 0.3) is 0 Å². The Hall–Kier alpha value is -5.81. The maximum absolute atomic E-state index is 15.2. The summed E-state index contributed by atoms with van der Waals surface area (Å²) in [5, 5.41) is 27.1. The first kappa shape index (κ1) is 81.2. The van der Waals surface area contributed by atoms with Crippen molar-refractivity contribution in [1.29, 1.82) is 0 Å². The van der Waals surface area contributed by atoms with E-state index in [1.165, 1.54) is 87.7 Å². The highest BCUT2D eigenvalue weighted by Gasteiger charge is 2.46. The maximum atomic E-state index is 15.2. The smallest absolute Gasteiger partial charge is 0.246 e. The zero-order valence-electron chi connectivity index (χ0n) is 58.5. The number of Topliss-reactive ketones (excluding diaryl/α,β-unsaturated/α-hetero) is 2. The molecule has 0 bridgehead atoms. The third-order valence-corrected chi connectivity index (χ3v) is 17.3. The average molecular weight is 1260 g/mol. The molecule has 13 atom stereocenters. The van der Waals surface area contributed by atoms with Crippen LogP contribution in [-0.2, 0) is 57.5 Å². The first-order valence-electron chi connectivity index (χ1n) is 32.3. The molecule has 1 aliphatic rings. The zero-order chi connectivity index (χ0) is 68.8. The van der Waals surface area contributed by atoms with Crippen LogP contribution in [0.15, 0.2) is 12.2 Å². The largest absolute Gasteiger partial charge is 0.396 e. The summed E-state index contributed by atoms with van der Waals surface area (Å²) in [5.41, 5.74) is 0. The second kappa shape index (κ2) is 38.1. The van der Waals surface area contributed by atoms with Gasteiger partial charge in [-0.05, 0) is 101 Å². The molecule has 1 fully saturated rings. The first-order valence-corrected chi connectivity index (χ1v) is 32.3. The van der Waals surface area contributed by atoms with Gasteiger partial charge in [0.05, 0.1) is 24.8 Å². The molecular weight excluding hydrogens is 1140 g/mol. The maximum Gasteiger partial charge on any atom is 0.246 e. The lowest BCUT2D eigenvalue weighted by Gasteiger charge is -2.41. The number of allylic oxidation sites excluding steroid dienone is 2. The van der Waals surface area contributed by atoms with Gasteiger partial charge in [-0.1, -0.05) is 102 Å². The second-order valence-electron chi connectivity index (χ2n) is 27.0. The molecule has 1 rings (SSSR count). The highest BCUT2D eigenvalue weighted by Crippen LogP contribution is 2.28. The number of ether oxygens (including phenoxy) is 1. The van der Waals surface area contributed by atoms with Crippen molar-refractivity contribution in [2.45, 2.75) is 229 Å². The predicted molar refractivity (Wildman–Crippen MR) is 343 cm³/mol. The van der Waals surface area contributed by atoms with E-state index in [1.807, 2.05) is 41.5 Å². The van der Waals surface area contributed by atoms with Gasteiger partial charge in [0, 0.05) is 87.2 Å². The van der Waals surface area contributed by atoms with Crippen molar-refractivity contribution in [3.05, 3.63) is 12.2 Å². The molecule has 9 amide bonds. The van der Waals surface area contributed by atoms with Crippen LogP contribution in [0.1, 0.15) is 169 Å². The summed E-state index contributed by atoms with van der Waals surface area (Å²) in [6.07, 6.45) is 2.07. The highest BCUT2D eigenvalue weighted by molar-refractivity contribution is 5.99. The number of likely N-dealkylation sites (N-methyl/N-ethyl adjacent to an activating group) is 7. The van der Waals surface area contributed by atoms with E-state index < -0.39 is 161 Å². The monoisotopic (exact) mass is 1260 g/mol. The molecule has 510 valence electrons. The number of nitrogens with one attached hydrogen (secondary N) is 2. The molecule has 23 nitrogen and oxygen atoms in total. The van der Waals surface area contributed by atoms with E-state index in [0.717, 1.165) is 9.80 Å². The Labute approximate surface area is 533 Å². The Kier molecular flexibility index (Phi) is 34.8. The molecule has 1 aliphatic heterocycles. The number of rotatable bonds is 19. The van der Waals surface area contributed by atoms with Crippen molar-refractivity contribution in [2.75, 3.05) is 69.1 Å². The number of hydrogen-bond acceptors (Lipinski definition) is 14. The number of aliphatic hydroxyl groups is 2. The number of hydrogen-bond donors (Lipinski definition) is 4. The van der Waals surface area contributed by atoms with Gasteiger partial charge in [0.1, 0.15) is 42.3 Å². The Balaban J connectivity index is 4.38. The van der Waals surface area contributed by atoms with Gasteiger partial charge >= 0.3 is 0 Å². The van der Waals surface area contributed by atoms with Gasteiger partial charge in [-0.25, -0.2) is 0 Å². The third-order valence-electron chi connectivity index (χ3n) is 17.3. The summed E-state index contributed by atoms with van der Waals surface area (Å²) in [7, 11) is 9.93. The zero-order valence-corrected chi connectivity index (χ0v) is 58.5. The summed E-state index contributed by atoms with van der Waals surface area (Å²) in [5.74, 6) is -11.0. The summed E-state index contributed by atoms with van der Waals surface area (Å²) < 4.78 is 6.11. The van der Waals surface area contributed by atoms with Crippen LogP contribution in [0.3, 0.4) is 0 Å². The van der Waals surface area contributed by atoms with Crippen molar-refractivity contribution in [3.63, 3.8) is 0 Å². The Morgan fingerprint density at radius 2 is 1.04 bits per heavy atom. The number of aliphatic hydroxyl groups excluding tert-OH is 2. The van der Waals surface area contributed by atoms with E-state index in [2.05, 4.69) is 10.6 Å². The molecule has 4 N–H and O–H groups in total. The lowest BCUT2D eigenvalue weighted by molar-refractivity contribution is -0.157. The number of nitrogens with zero attached hydrogens (tertiary/aromatic N) is 7. The minimum absolute atomic E-state index is 0.000433. The molecule has 1 saturated heterocycles. The van der Waals surface area contributed by atoms with Gasteiger partial charge in [-0.3, -0.25) is 52.7 Å². The number of unbranched alkanes of at least 4 members (excludes halogenated alkanes) is 1. The molecule has 23 heteroatoms. The van der Waals surface area contributed by atoms with E-state index in [4.69, 9.17) is 4.74 Å². The van der Waals surface area contributed by atoms with E-state index >= 15 is 9.59 Å². The van der Waals surface area contributed by atoms with Crippen LogP contribution in [-0.4, -0.2) is 239 Å². The number of carbonyl (C=O) groups excluding carboxylic acids is 11. The van der Waals surface area contributed by atoms with Crippen molar-refractivity contribution >= 4 is 64.7 Å². The van der Waals surface area contributed by atoms with Crippen LogP contribution in [0.4, 0.5) is 0 Å². The van der Waals surface area contributed by atoms with E-state index in [9.17, 15) is 53.4 Å². The number of amides is 9. The lowest BCUT2D eigenvalue weighted by atomic mass is 9.85. The second-order valence-corrected chi connectivity index (χ2v) is 27.0. The van der Waals surface area contributed by atoms with Crippen LogP contribution < -0.4 is 10.6 Å². The molecule has 0 aromatic carbocycles. The van der Waals surface area contributed by atoms with Gasteiger partial charge < -0.3 is 59.9 Å². The summed E-state index contributed by atoms with van der Waals surface area (Å²) in [6.45, 7) is 27.4. The highest BCUT2D eigenvalue weighted by atomic mass is 16.5. The third kappa shape index (κ3) is 23.4. The molecule has 0 aromatic heterocycles. The van der Waals surface area contributed by atoms with Crippen molar-refractivity contribution < 1.29 is 67.7 Å². The van der Waals surface area contributed by atoms with Crippen LogP contribution in [0, 0.1) is 47.3 Å². The fourth-order valence-electron chi connectivity index (χ4n) is 11.6. The molecule has 89 heavy (non-hydrogen) atoms. The van der Waals surface area contributed by atoms with Gasteiger partial charge in [0.15, 0.2) is 11.6 Å². The van der Waals surface area contributed by atoms with E-state index in [0.29, 0.717) is 19.3 Å². The van der Waals surface area contributed by atoms with Crippen LogP contribution >= 0.6 is 0 Å². The fraction of sp³-hybridized carbons (Fsp3) is 0.803. The normalized spacial score (nSPS) is 26.7. The van der Waals surface area contributed by atoms with Crippen LogP contribution in [0.25, 0.3) is 0 Å². The molecule has 0 spiro atoms.